The number of carboxylic acid groups (broad SMARTS) is 1. The zero-order chi connectivity index (χ0) is 19.7. The van der Waals surface area contributed by atoms with Crippen molar-refractivity contribution in [2.75, 3.05) is 6.54 Å². The number of benzene rings is 1. The molecule has 1 aliphatic heterocycles. The molecule has 0 bridgehead atoms. The first-order valence-corrected chi connectivity index (χ1v) is 8.87. The normalized spacial score (nSPS) is 15.9. The van der Waals surface area contributed by atoms with Gasteiger partial charge in [0.2, 0.25) is 0 Å². The van der Waals surface area contributed by atoms with E-state index in [0.717, 1.165) is 5.69 Å². The molecular weight excluding hydrogens is 362 g/mol. The summed E-state index contributed by atoms with van der Waals surface area (Å²) in [6.07, 6.45) is 1.96. The van der Waals surface area contributed by atoms with Crippen molar-refractivity contribution >= 4 is 11.9 Å². The number of carbonyl (C=O) groups is 2. The van der Waals surface area contributed by atoms with Crippen LogP contribution in [0, 0.1) is 6.92 Å². The maximum Gasteiger partial charge on any atom is 0.332 e. The van der Waals surface area contributed by atoms with Crippen LogP contribution in [0.5, 0.6) is 5.75 Å². The standard InChI is InChI=1S/C20H19N3O5/c1-12-9-14(10-27-13-5-3-2-4-6-13)28-18(12)19(24)23-8-7-15-16(22-11-21-15)17(23)20(25)26/h2-6,9,11,17H,7-8,10H2,1H3,(H,21,22)(H,25,26). The molecule has 0 aliphatic carbocycles. The molecule has 1 amide bonds. The van der Waals surface area contributed by atoms with Gasteiger partial charge in [0, 0.05) is 24.2 Å². The summed E-state index contributed by atoms with van der Waals surface area (Å²) in [4.78, 5) is 33.2. The van der Waals surface area contributed by atoms with Gasteiger partial charge in [-0.2, -0.15) is 0 Å². The number of aromatic amines is 1. The average Bonchev–Trinajstić information content (AvgIpc) is 3.32. The van der Waals surface area contributed by atoms with Crippen LogP contribution in [-0.4, -0.2) is 38.4 Å². The van der Waals surface area contributed by atoms with Crippen LogP contribution < -0.4 is 4.74 Å². The predicted octanol–water partition coefficient (Wildman–Crippen LogP) is 2.71. The molecule has 28 heavy (non-hydrogen) atoms. The average molecular weight is 381 g/mol. The Morgan fingerprint density at radius 2 is 2.14 bits per heavy atom. The fourth-order valence-corrected chi connectivity index (χ4v) is 3.38. The maximum absolute atomic E-state index is 13.0. The molecule has 1 unspecified atom stereocenters. The number of imidazole rings is 1. The summed E-state index contributed by atoms with van der Waals surface area (Å²) >= 11 is 0. The quantitative estimate of drug-likeness (QED) is 0.703. The maximum atomic E-state index is 13.0. The van der Waals surface area contributed by atoms with Gasteiger partial charge < -0.3 is 24.1 Å². The summed E-state index contributed by atoms with van der Waals surface area (Å²) < 4.78 is 11.4. The molecule has 0 saturated carbocycles. The molecule has 0 spiro atoms. The Hall–Kier alpha value is -3.55. The van der Waals surface area contributed by atoms with Gasteiger partial charge in [-0.25, -0.2) is 9.78 Å². The summed E-state index contributed by atoms with van der Waals surface area (Å²) in [6, 6.07) is 9.87. The van der Waals surface area contributed by atoms with Crippen molar-refractivity contribution in [1.29, 1.82) is 0 Å². The highest BCUT2D eigenvalue weighted by molar-refractivity contribution is 5.96. The van der Waals surface area contributed by atoms with Crippen LogP contribution in [0.15, 0.2) is 47.1 Å². The van der Waals surface area contributed by atoms with Gasteiger partial charge in [0.05, 0.1) is 12.0 Å². The van der Waals surface area contributed by atoms with Crippen LogP contribution in [0.4, 0.5) is 0 Å². The number of para-hydroxylation sites is 1. The third kappa shape index (κ3) is 3.24. The number of nitrogens with one attached hydrogen (secondary N) is 1. The van der Waals surface area contributed by atoms with Crippen molar-refractivity contribution in [3.05, 3.63) is 71.2 Å². The number of aromatic nitrogens is 2. The van der Waals surface area contributed by atoms with E-state index in [-0.39, 0.29) is 18.9 Å². The second-order valence-corrected chi connectivity index (χ2v) is 6.58. The van der Waals surface area contributed by atoms with Crippen molar-refractivity contribution in [3.63, 3.8) is 0 Å². The van der Waals surface area contributed by atoms with E-state index in [4.69, 9.17) is 9.15 Å². The Bertz CT molecular complexity index is 1010. The van der Waals surface area contributed by atoms with Crippen molar-refractivity contribution in [1.82, 2.24) is 14.9 Å². The molecule has 3 aromatic rings. The van der Waals surface area contributed by atoms with E-state index >= 15 is 0 Å². The third-order valence-corrected chi connectivity index (χ3v) is 4.71. The van der Waals surface area contributed by atoms with E-state index in [9.17, 15) is 14.7 Å². The topological polar surface area (TPSA) is 109 Å². The molecule has 1 aromatic carbocycles. The lowest BCUT2D eigenvalue weighted by Gasteiger charge is -2.31. The number of amides is 1. The first-order valence-electron chi connectivity index (χ1n) is 8.87. The highest BCUT2D eigenvalue weighted by Crippen LogP contribution is 2.30. The molecule has 144 valence electrons. The largest absolute Gasteiger partial charge is 0.486 e. The van der Waals surface area contributed by atoms with E-state index in [1.54, 1.807) is 13.0 Å². The molecule has 8 heteroatoms. The number of hydrogen-bond acceptors (Lipinski definition) is 5. The molecule has 4 rings (SSSR count). The summed E-state index contributed by atoms with van der Waals surface area (Å²) in [6.45, 7) is 2.19. The third-order valence-electron chi connectivity index (χ3n) is 4.71. The molecule has 0 fully saturated rings. The summed E-state index contributed by atoms with van der Waals surface area (Å²) in [5, 5.41) is 9.66. The van der Waals surface area contributed by atoms with Crippen molar-refractivity contribution < 1.29 is 23.8 Å². The predicted molar refractivity (Wildman–Crippen MR) is 97.9 cm³/mol. The molecule has 0 radical (unpaired) electrons. The van der Waals surface area contributed by atoms with Crippen LogP contribution in [0.2, 0.25) is 0 Å². The minimum atomic E-state index is -1.14. The number of H-pyrrole nitrogens is 1. The van der Waals surface area contributed by atoms with Gasteiger partial charge >= 0.3 is 5.97 Å². The fourth-order valence-electron chi connectivity index (χ4n) is 3.38. The second-order valence-electron chi connectivity index (χ2n) is 6.58. The van der Waals surface area contributed by atoms with Gasteiger partial charge in [-0.05, 0) is 25.1 Å². The summed E-state index contributed by atoms with van der Waals surface area (Å²) in [5.74, 6) is -0.286. The smallest absolute Gasteiger partial charge is 0.332 e. The number of carbonyl (C=O) groups excluding carboxylic acids is 1. The number of hydrogen-bond donors (Lipinski definition) is 2. The number of aryl methyl sites for hydroxylation is 1. The molecule has 0 saturated heterocycles. The van der Waals surface area contributed by atoms with Gasteiger partial charge in [0.15, 0.2) is 11.8 Å². The van der Waals surface area contributed by atoms with Crippen LogP contribution in [-0.2, 0) is 17.8 Å². The van der Waals surface area contributed by atoms with E-state index < -0.39 is 17.9 Å². The number of rotatable bonds is 5. The molecule has 2 aromatic heterocycles. The zero-order valence-corrected chi connectivity index (χ0v) is 15.2. The summed E-state index contributed by atoms with van der Waals surface area (Å²) in [5.41, 5.74) is 1.74. The molecule has 1 atom stereocenters. The van der Waals surface area contributed by atoms with Crippen molar-refractivity contribution in [2.45, 2.75) is 26.0 Å². The van der Waals surface area contributed by atoms with Gasteiger partial charge in [-0.3, -0.25) is 4.79 Å². The molecule has 3 heterocycles. The Morgan fingerprint density at radius 3 is 2.89 bits per heavy atom. The van der Waals surface area contributed by atoms with E-state index in [2.05, 4.69) is 9.97 Å². The van der Waals surface area contributed by atoms with Gasteiger partial charge in [0.1, 0.15) is 18.1 Å². The van der Waals surface area contributed by atoms with Crippen LogP contribution in [0.3, 0.4) is 0 Å². The molecule has 8 nitrogen and oxygen atoms in total. The Kier molecular flexibility index (Phi) is 4.60. The van der Waals surface area contributed by atoms with Crippen LogP contribution in [0.25, 0.3) is 0 Å². The highest BCUT2D eigenvalue weighted by Gasteiger charge is 2.39. The Labute approximate surface area is 160 Å². The zero-order valence-electron chi connectivity index (χ0n) is 15.2. The van der Waals surface area contributed by atoms with E-state index in [0.29, 0.717) is 29.2 Å². The van der Waals surface area contributed by atoms with E-state index in [1.165, 1.54) is 11.2 Å². The minimum Gasteiger partial charge on any atom is -0.486 e. The number of ether oxygens (including phenoxy) is 1. The fraction of sp³-hybridized carbons (Fsp3) is 0.250. The molecular formula is C20H19N3O5. The number of nitrogens with zero attached hydrogens (tertiary/aromatic N) is 2. The van der Waals surface area contributed by atoms with Gasteiger partial charge in [-0.1, -0.05) is 18.2 Å². The van der Waals surface area contributed by atoms with Crippen LogP contribution in [0.1, 0.15) is 39.3 Å². The second kappa shape index (κ2) is 7.22. The number of aliphatic carboxylic acids is 1. The van der Waals surface area contributed by atoms with Crippen molar-refractivity contribution in [3.8, 4) is 5.75 Å². The monoisotopic (exact) mass is 381 g/mol. The molecule has 2 N–H and O–H groups in total. The first-order chi connectivity index (χ1) is 13.5. The number of fused-ring (bicyclic) bond motifs is 1. The Balaban J connectivity index is 1.55. The van der Waals surface area contributed by atoms with Gasteiger partial charge in [0.25, 0.3) is 5.91 Å². The Morgan fingerprint density at radius 1 is 1.36 bits per heavy atom. The number of carboxylic acids is 1. The minimum absolute atomic E-state index is 0.122. The first kappa shape index (κ1) is 17.8. The summed E-state index contributed by atoms with van der Waals surface area (Å²) in [7, 11) is 0. The van der Waals surface area contributed by atoms with Crippen molar-refractivity contribution in [2.24, 2.45) is 0 Å². The van der Waals surface area contributed by atoms with Crippen LogP contribution >= 0.6 is 0 Å². The van der Waals surface area contributed by atoms with E-state index in [1.807, 2.05) is 30.3 Å². The molecule has 1 aliphatic rings. The lowest BCUT2D eigenvalue weighted by Crippen LogP contribution is -2.43. The van der Waals surface area contributed by atoms with Gasteiger partial charge in [-0.15, -0.1) is 0 Å². The lowest BCUT2D eigenvalue weighted by atomic mass is 10.0. The lowest BCUT2D eigenvalue weighted by molar-refractivity contribution is -0.143. The highest BCUT2D eigenvalue weighted by atomic mass is 16.5. The SMILES string of the molecule is Cc1cc(COc2ccccc2)oc1C(=O)N1CCc2[nH]cnc2C1C(=O)O. The number of furan rings is 1.